The number of aliphatic hydroxyl groups is 2. The highest BCUT2D eigenvalue weighted by Crippen LogP contribution is 2.33. The quantitative estimate of drug-likeness (QED) is 0.0928. The molecule has 0 spiro atoms. The van der Waals surface area contributed by atoms with E-state index in [4.69, 9.17) is 19.0 Å². The summed E-state index contributed by atoms with van der Waals surface area (Å²) in [6, 6.07) is -1.99. The Morgan fingerprint density at radius 2 is 1.36 bits per heavy atom. The number of carbonyl (C=O) groups is 10. The molecule has 6 heterocycles. The first-order valence-corrected chi connectivity index (χ1v) is 24.3. The molecule has 0 aromatic carbocycles. The average molecular weight is 1130 g/mol. The smallest absolute Gasteiger partial charge is 0.278 e. The number of nitrogens with zero attached hydrogens (tertiary/aromatic N) is 5. The zero-order valence-electron chi connectivity index (χ0n) is 43.7. The number of aryl methyl sites for hydroxylation is 1. The number of aromatic nitrogens is 5. The molecule has 1 aliphatic heterocycles. The second-order valence-electron chi connectivity index (χ2n) is 17.9. The molecule has 81 heavy (non-hydrogen) atoms. The normalized spacial score (nSPS) is 17.8. The van der Waals surface area contributed by atoms with Crippen molar-refractivity contribution in [2.45, 2.75) is 71.4 Å². The summed E-state index contributed by atoms with van der Waals surface area (Å²) in [5, 5.41) is 43.8. The van der Waals surface area contributed by atoms with Crippen molar-refractivity contribution in [3.05, 3.63) is 132 Å². The molecule has 5 aromatic rings. The van der Waals surface area contributed by atoms with E-state index in [0.717, 1.165) is 23.9 Å². The van der Waals surface area contributed by atoms with Gasteiger partial charge in [-0.25, -0.2) is 24.9 Å². The highest BCUT2D eigenvalue weighted by molar-refractivity contribution is 7.13. The summed E-state index contributed by atoms with van der Waals surface area (Å²) in [7, 11) is 0. The van der Waals surface area contributed by atoms with Crippen LogP contribution in [0.2, 0.25) is 0 Å². The number of primary amides is 1. The molecule has 30 nitrogen and oxygen atoms in total. The minimum Gasteiger partial charge on any atom is -0.443 e. The molecule has 8 bridgehead atoms. The molecular weight excluding hydrogens is 1080 g/mol. The van der Waals surface area contributed by atoms with Crippen LogP contribution in [0, 0.1) is 6.92 Å². The average Bonchev–Trinajstić information content (AvgIpc) is 4.29. The number of carbonyl (C=O) groups excluding carboxylic acids is 10. The van der Waals surface area contributed by atoms with Crippen LogP contribution in [0.3, 0.4) is 0 Å². The molecule has 31 heteroatoms. The molecule has 10 amide bonds. The van der Waals surface area contributed by atoms with E-state index in [9.17, 15) is 58.2 Å². The van der Waals surface area contributed by atoms with Crippen LogP contribution in [-0.2, 0) is 28.8 Å². The lowest BCUT2D eigenvalue weighted by molar-refractivity contribution is -0.132. The van der Waals surface area contributed by atoms with E-state index in [1.54, 1.807) is 0 Å². The Bertz CT molecular complexity index is 3560. The number of hydrogen-bond acceptors (Lipinski definition) is 21. The van der Waals surface area contributed by atoms with E-state index in [2.05, 4.69) is 106 Å². The van der Waals surface area contributed by atoms with E-state index >= 15 is 0 Å². The molecule has 1 aliphatic rings. The first-order chi connectivity index (χ1) is 38.0. The second kappa shape index (κ2) is 24.4. The Labute approximate surface area is 461 Å². The number of rotatable bonds is 7. The molecular formula is C50H51N15O15S. The highest BCUT2D eigenvalue weighted by Gasteiger charge is 2.37. The molecule has 0 radical (unpaired) electrons. The minimum absolute atomic E-state index is 0.0688. The van der Waals surface area contributed by atoms with Crippen LogP contribution in [0.1, 0.15) is 100 Å². The van der Waals surface area contributed by atoms with E-state index in [1.165, 1.54) is 65.1 Å². The molecule has 13 N–H and O–H groups in total. The maximum absolute atomic E-state index is 13.8. The molecule has 0 fully saturated rings. The van der Waals surface area contributed by atoms with Gasteiger partial charge >= 0.3 is 0 Å². The van der Waals surface area contributed by atoms with Crippen molar-refractivity contribution >= 4 is 87.5 Å². The van der Waals surface area contributed by atoms with E-state index in [1.807, 2.05) is 0 Å². The zero-order valence-corrected chi connectivity index (χ0v) is 44.5. The van der Waals surface area contributed by atoms with Crippen LogP contribution < -0.4 is 53.6 Å². The van der Waals surface area contributed by atoms with Crippen LogP contribution in [0.15, 0.2) is 99.4 Å². The number of aliphatic hydroxyl groups excluding tert-OH is 1. The standard InChI is InChI=1S/C50H51N15O15S/c1-12-27-48-61-30(16-79-48)41(72)54-21(5)39(70)65-35(50(10,11)77)45(76)57-23(7)47-64-33(25(9)80-47)44(75)55-20(4)38(69)56-22(6)46-60-29(15-78-46)34-26(49-62-31(17-81-49)42(73)63-32(24(8)66)43(74)59-27)13-14-28(58-34)40(71)53-19(3)37(68)52-18(2)36(51)67/h12-18,24,32,35,66,77H,3-7H2,1-2,8-11H3,(H2,51,67)(H,52,68)(H,53,71)(H,54,72)(H,55,75)(H,56,69)(H,57,76)(H,59,74)(H,63,73)(H,65,70). The van der Waals surface area contributed by atoms with Gasteiger partial charge in [-0.2, -0.15) is 0 Å². The van der Waals surface area contributed by atoms with Crippen molar-refractivity contribution in [1.82, 2.24) is 72.8 Å². The number of allylic oxidation sites excluding steroid dienone is 1. The Hall–Kier alpha value is -10.5. The predicted molar refractivity (Wildman–Crippen MR) is 283 cm³/mol. The molecule has 6 rings (SSSR count). The minimum atomic E-state index is -1.99. The van der Waals surface area contributed by atoms with Crippen molar-refractivity contribution < 1.29 is 71.4 Å². The van der Waals surface area contributed by atoms with Gasteiger partial charge in [0.25, 0.3) is 41.4 Å². The molecule has 4 atom stereocenters. The van der Waals surface area contributed by atoms with E-state index in [0.29, 0.717) is 0 Å². The molecule has 0 saturated heterocycles. The van der Waals surface area contributed by atoms with Crippen molar-refractivity contribution in [1.29, 1.82) is 0 Å². The molecule has 5 aromatic heterocycles. The van der Waals surface area contributed by atoms with E-state index in [-0.39, 0.29) is 68.0 Å². The summed E-state index contributed by atoms with van der Waals surface area (Å²) in [6.07, 6.45) is 1.70. The molecule has 422 valence electrons. The Morgan fingerprint density at radius 3 is 2.01 bits per heavy atom. The van der Waals surface area contributed by atoms with Crippen molar-refractivity contribution in [3.8, 4) is 22.0 Å². The van der Waals surface area contributed by atoms with Crippen molar-refractivity contribution in [2.75, 3.05) is 0 Å². The third-order valence-electron chi connectivity index (χ3n) is 11.1. The summed E-state index contributed by atoms with van der Waals surface area (Å²) < 4.78 is 16.6. The predicted octanol–water partition coefficient (Wildman–Crippen LogP) is -0.335. The lowest BCUT2D eigenvalue weighted by Crippen LogP contribution is -2.58. The third kappa shape index (κ3) is 14.2. The largest absolute Gasteiger partial charge is 0.443 e. The van der Waals surface area contributed by atoms with Gasteiger partial charge in [0.1, 0.15) is 64.2 Å². The van der Waals surface area contributed by atoms with Gasteiger partial charge < -0.3 is 77.0 Å². The maximum atomic E-state index is 13.8. The van der Waals surface area contributed by atoms with Gasteiger partial charge in [-0.3, -0.25) is 47.9 Å². The lowest BCUT2D eigenvalue weighted by Gasteiger charge is -2.29. The van der Waals surface area contributed by atoms with Crippen molar-refractivity contribution in [3.63, 3.8) is 0 Å². The Kier molecular flexibility index (Phi) is 18.0. The molecule has 4 unspecified atom stereocenters. The summed E-state index contributed by atoms with van der Waals surface area (Å²) in [4.78, 5) is 153. The number of thiazole rings is 1. The van der Waals surface area contributed by atoms with Gasteiger partial charge in [0.15, 0.2) is 11.4 Å². The summed E-state index contributed by atoms with van der Waals surface area (Å²) in [6.45, 7) is 25.8. The van der Waals surface area contributed by atoms with Crippen LogP contribution in [0.5, 0.6) is 0 Å². The lowest BCUT2D eigenvalue weighted by atomic mass is 9.97. The van der Waals surface area contributed by atoms with Crippen LogP contribution in [-0.4, -0.2) is 124 Å². The number of nitrogens with two attached hydrogens (primary N) is 1. The number of fused-ring (bicyclic) bond motifs is 11. The number of oxazole rings is 3. The van der Waals surface area contributed by atoms with Gasteiger partial charge in [0.05, 0.1) is 45.9 Å². The van der Waals surface area contributed by atoms with Gasteiger partial charge in [0, 0.05) is 10.9 Å². The fourth-order valence-corrected chi connectivity index (χ4v) is 7.56. The fourth-order valence-electron chi connectivity index (χ4n) is 6.74. The number of pyridine rings is 1. The molecule has 0 saturated carbocycles. The number of nitrogens with one attached hydrogen (secondary N) is 9. The number of amides is 10. The van der Waals surface area contributed by atoms with Crippen LogP contribution in [0.25, 0.3) is 39.1 Å². The maximum Gasteiger partial charge on any atom is 0.278 e. The first kappa shape index (κ1) is 59.7. The van der Waals surface area contributed by atoms with E-state index < -0.39 is 123 Å². The first-order valence-electron chi connectivity index (χ1n) is 23.4. The Balaban J connectivity index is 1.35. The van der Waals surface area contributed by atoms with Gasteiger partial charge in [0.2, 0.25) is 35.4 Å². The summed E-state index contributed by atoms with van der Waals surface area (Å²) in [5.74, 6) is -11.3. The highest BCUT2D eigenvalue weighted by atomic mass is 32.1. The van der Waals surface area contributed by atoms with Crippen LogP contribution >= 0.6 is 11.3 Å². The SMILES string of the molecule is C=C1NC(=O)c2nc(oc2C)C(=C)NC(=O)C(C(C)(C)O)NC(=O)C(=C)NC(=O)c2coc(n2)C(=CC)NC(=O)C(C(C)O)NC(=O)c2csc(n2)-c2ccc(C(=O)NC(=C)C(=O)NC(C)C(N)=O)nc2-c2coc(n2)C(=C)NC1=O. The van der Waals surface area contributed by atoms with Crippen LogP contribution in [0.4, 0.5) is 0 Å². The third-order valence-corrected chi connectivity index (χ3v) is 12.0. The topological polar surface area (TPSA) is 449 Å². The summed E-state index contributed by atoms with van der Waals surface area (Å²) in [5.41, 5.74) is -0.841. The van der Waals surface area contributed by atoms with Gasteiger partial charge in [-0.15, -0.1) is 11.3 Å². The Morgan fingerprint density at radius 1 is 0.741 bits per heavy atom. The van der Waals surface area contributed by atoms with Gasteiger partial charge in [-0.1, -0.05) is 39.0 Å². The zero-order chi connectivity index (χ0) is 59.9. The molecule has 0 aliphatic carbocycles. The monoisotopic (exact) mass is 1130 g/mol. The fraction of sp³-hybridized carbons (Fsp3) is 0.220. The van der Waals surface area contributed by atoms with Gasteiger partial charge in [-0.05, 0) is 53.7 Å². The number of hydrogen-bond donors (Lipinski definition) is 12. The second-order valence-corrected chi connectivity index (χ2v) is 18.7. The van der Waals surface area contributed by atoms with Crippen molar-refractivity contribution in [2.24, 2.45) is 5.73 Å². The summed E-state index contributed by atoms with van der Waals surface area (Å²) >= 11 is 0.891.